The van der Waals surface area contributed by atoms with Gasteiger partial charge >= 0.3 is 0 Å². The van der Waals surface area contributed by atoms with Crippen molar-refractivity contribution >= 4 is 23.1 Å². The largest absolute Gasteiger partial charge is 0.272 e. The van der Waals surface area contributed by atoms with E-state index in [1.807, 2.05) is 0 Å². The summed E-state index contributed by atoms with van der Waals surface area (Å²) in [6.45, 7) is 3.02. The van der Waals surface area contributed by atoms with Gasteiger partial charge in [0.15, 0.2) is 0 Å². The molecule has 0 aromatic rings. The van der Waals surface area contributed by atoms with Gasteiger partial charge in [-0.3, -0.25) is 4.99 Å². The van der Waals surface area contributed by atoms with E-state index in [0.29, 0.717) is 0 Å². The molecule has 3 heteroatoms. The Balaban J connectivity index is 2.41. The van der Waals surface area contributed by atoms with Gasteiger partial charge in [-0.1, -0.05) is 17.8 Å². The maximum atomic E-state index is 4.19. The zero-order chi connectivity index (χ0) is 7.03. The Hall–Kier alpha value is -0.570. The third kappa shape index (κ3) is 0.736. The molecule has 2 nitrogen and oxygen atoms in total. The third-order valence-corrected chi connectivity index (χ3v) is 2.85. The standard InChI is InChI=1S/C7H8N2S/c1-7-2-3-10-6(7)9-5-8-4-7/h2-3,5H,4H2,1H3/t7-/m0/s1. The Morgan fingerprint density at radius 1 is 1.70 bits per heavy atom. The van der Waals surface area contributed by atoms with Gasteiger partial charge in [-0.2, -0.15) is 0 Å². The summed E-state index contributed by atoms with van der Waals surface area (Å²) >= 11 is 1.70. The van der Waals surface area contributed by atoms with Crippen molar-refractivity contribution in [3.63, 3.8) is 0 Å². The predicted molar refractivity (Wildman–Crippen MR) is 45.6 cm³/mol. The molecule has 0 N–H and O–H groups in total. The van der Waals surface area contributed by atoms with E-state index in [4.69, 9.17) is 0 Å². The summed E-state index contributed by atoms with van der Waals surface area (Å²) in [4.78, 5) is 8.30. The summed E-state index contributed by atoms with van der Waals surface area (Å²) in [6.07, 6.45) is 3.82. The molecule has 0 unspecified atom stereocenters. The molecule has 0 radical (unpaired) electrons. The Morgan fingerprint density at radius 3 is 3.40 bits per heavy atom. The highest BCUT2D eigenvalue weighted by Gasteiger charge is 2.32. The van der Waals surface area contributed by atoms with Crippen molar-refractivity contribution in [3.8, 4) is 0 Å². The van der Waals surface area contributed by atoms with E-state index in [0.717, 1.165) is 6.54 Å². The Morgan fingerprint density at radius 2 is 2.60 bits per heavy atom. The minimum Gasteiger partial charge on any atom is -0.272 e. The van der Waals surface area contributed by atoms with Crippen LogP contribution in [0.4, 0.5) is 0 Å². The average molecular weight is 152 g/mol. The molecular formula is C7H8N2S. The molecule has 0 saturated carbocycles. The van der Waals surface area contributed by atoms with Gasteiger partial charge in [0, 0.05) is 0 Å². The topological polar surface area (TPSA) is 24.7 Å². The molecule has 2 rings (SSSR count). The lowest BCUT2D eigenvalue weighted by Crippen LogP contribution is -2.25. The van der Waals surface area contributed by atoms with Crippen molar-refractivity contribution in [2.45, 2.75) is 6.92 Å². The molecule has 0 saturated heterocycles. The molecule has 0 bridgehead atoms. The molecule has 0 spiro atoms. The highest BCUT2D eigenvalue weighted by molar-refractivity contribution is 8.16. The lowest BCUT2D eigenvalue weighted by Gasteiger charge is -2.21. The summed E-state index contributed by atoms with van der Waals surface area (Å²) in [7, 11) is 0. The molecule has 10 heavy (non-hydrogen) atoms. The molecule has 2 aliphatic rings. The average Bonchev–Trinajstić information content (AvgIpc) is 2.29. The first-order valence-corrected chi connectivity index (χ1v) is 4.10. The van der Waals surface area contributed by atoms with Crippen LogP contribution in [0.1, 0.15) is 6.92 Å². The zero-order valence-corrected chi connectivity index (χ0v) is 6.56. The number of rotatable bonds is 0. The fourth-order valence-electron chi connectivity index (χ4n) is 1.08. The van der Waals surface area contributed by atoms with Crippen LogP contribution < -0.4 is 0 Å². The molecule has 2 aliphatic heterocycles. The lowest BCUT2D eigenvalue weighted by molar-refractivity contribution is 0.621. The Bertz CT molecular complexity index is 242. The second-order valence-corrected chi connectivity index (χ2v) is 3.62. The molecule has 0 aliphatic carbocycles. The lowest BCUT2D eigenvalue weighted by atomic mass is 9.92. The number of hydrogen-bond donors (Lipinski definition) is 0. The van der Waals surface area contributed by atoms with E-state index in [2.05, 4.69) is 28.4 Å². The maximum Gasteiger partial charge on any atom is 0.110 e. The first kappa shape index (κ1) is 6.16. The van der Waals surface area contributed by atoms with Crippen molar-refractivity contribution in [3.05, 3.63) is 11.5 Å². The Kier molecular flexibility index (Phi) is 1.20. The van der Waals surface area contributed by atoms with Crippen LogP contribution in [0.3, 0.4) is 0 Å². The van der Waals surface area contributed by atoms with Crippen LogP contribution in [-0.2, 0) is 0 Å². The minimum atomic E-state index is 0.124. The smallest absolute Gasteiger partial charge is 0.110 e. The van der Waals surface area contributed by atoms with Crippen molar-refractivity contribution < 1.29 is 0 Å². The fourth-order valence-corrected chi connectivity index (χ4v) is 2.08. The van der Waals surface area contributed by atoms with E-state index in [9.17, 15) is 0 Å². The summed E-state index contributed by atoms with van der Waals surface area (Å²) in [5.74, 6) is 0. The number of nitrogens with zero attached hydrogens (tertiary/aromatic N) is 2. The Labute approximate surface area is 64.1 Å². The summed E-state index contributed by atoms with van der Waals surface area (Å²) in [5, 5.41) is 3.27. The number of aliphatic imine (C=N–C) groups is 2. The van der Waals surface area contributed by atoms with E-state index in [1.165, 1.54) is 5.04 Å². The SMILES string of the molecule is C[C@@]12C=CSC1=NC=NC2. The predicted octanol–water partition coefficient (Wildman–Crippen LogP) is 1.69. The first-order chi connectivity index (χ1) is 4.81. The summed E-state index contributed by atoms with van der Waals surface area (Å²) < 4.78 is 0. The quantitative estimate of drug-likeness (QED) is 0.518. The van der Waals surface area contributed by atoms with E-state index < -0.39 is 0 Å². The van der Waals surface area contributed by atoms with Gasteiger partial charge in [-0.25, -0.2) is 4.99 Å². The van der Waals surface area contributed by atoms with Gasteiger partial charge in [-0.05, 0) is 12.3 Å². The van der Waals surface area contributed by atoms with Crippen molar-refractivity contribution in [1.82, 2.24) is 0 Å². The molecule has 52 valence electrons. The number of thioether (sulfide) groups is 1. The van der Waals surface area contributed by atoms with Gasteiger partial charge in [0.2, 0.25) is 0 Å². The van der Waals surface area contributed by atoms with Gasteiger partial charge in [-0.15, -0.1) is 0 Å². The van der Waals surface area contributed by atoms with Crippen molar-refractivity contribution in [2.24, 2.45) is 15.4 Å². The monoisotopic (exact) mass is 152 g/mol. The first-order valence-electron chi connectivity index (χ1n) is 3.22. The van der Waals surface area contributed by atoms with Crippen LogP contribution in [0.2, 0.25) is 0 Å². The van der Waals surface area contributed by atoms with Crippen LogP contribution in [-0.4, -0.2) is 17.9 Å². The highest BCUT2D eigenvalue weighted by Crippen LogP contribution is 2.36. The van der Waals surface area contributed by atoms with E-state index >= 15 is 0 Å². The zero-order valence-electron chi connectivity index (χ0n) is 5.74. The van der Waals surface area contributed by atoms with Crippen LogP contribution in [0.25, 0.3) is 0 Å². The second kappa shape index (κ2) is 1.95. The van der Waals surface area contributed by atoms with Crippen LogP contribution in [0.5, 0.6) is 0 Å². The number of hydrogen-bond acceptors (Lipinski definition) is 3. The molecular weight excluding hydrogens is 144 g/mol. The van der Waals surface area contributed by atoms with Gasteiger partial charge in [0.1, 0.15) is 6.34 Å². The second-order valence-electron chi connectivity index (χ2n) is 2.73. The minimum absolute atomic E-state index is 0.124. The third-order valence-electron chi connectivity index (χ3n) is 1.78. The summed E-state index contributed by atoms with van der Waals surface area (Å²) in [5.41, 5.74) is 0.124. The maximum absolute atomic E-state index is 4.19. The molecule has 1 atom stereocenters. The van der Waals surface area contributed by atoms with E-state index in [-0.39, 0.29) is 5.41 Å². The fraction of sp³-hybridized carbons (Fsp3) is 0.429. The van der Waals surface area contributed by atoms with Crippen molar-refractivity contribution in [1.29, 1.82) is 0 Å². The molecule has 0 amide bonds. The molecule has 0 aromatic heterocycles. The molecule has 2 heterocycles. The summed E-state index contributed by atoms with van der Waals surface area (Å²) in [6, 6.07) is 0. The van der Waals surface area contributed by atoms with Crippen LogP contribution >= 0.6 is 11.8 Å². The molecule has 0 aromatic carbocycles. The van der Waals surface area contributed by atoms with Gasteiger partial charge in [0.05, 0.1) is 17.0 Å². The molecule has 0 fully saturated rings. The van der Waals surface area contributed by atoms with Crippen molar-refractivity contribution in [2.75, 3.05) is 6.54 Å². The van der Waals surface area contributed by atoms with Crippen LogP contribution in [0, 0.1) is 5.41 Å². The van der Waals surface area contributed by atoms with Gasteiger partial charge in [0.25, 0.3) is 0 Å². The van der Waals surface area contributed by atoms with Gasteiger partial charge < -0.3 is 0 Å². The highest BCUT2D eigenvalue weighted by atomic mass is 32.2. The van der Waals surface area contributed by atoms with Crippen LogP contribution in [0.15, 0.2) is 21.5 Å². The normalized spacial score (nSPS) is 35.9. The van der Waals surface area contributed by atoms with E-state index in [1.54, 1.807) is 18.1 Å². The number of fused-ring (bicyclic) bond motifs is 1.